The highest BCUT2D eigenvalue weighted by Gasteiger charge is 2.20. The Bertz CT molecular complexity index is 346. The lowest BCUT2D eigenvalue weighted by Gasteiger charge is -2.26. The first kappa shape index (κ1) is 12.0. The van der Waals surface area contributed by atoms with Crippen molar-refractivity contribution >= 4 is 23.2 Å². The third-order valence-electron chi connectivity index (χ3n) is 3.46. The molecule has 16 heavy (non-hydrogen) atoms. The molecule has 2 rings (SSSR count). The second-order valence-corrected chi connectivity index (χ2v) is 5.17. The van der Waals surface area contributed by atoms with Crippen LogP contribution in [0, 0.1) is 5.92 Å². The van der Waals surface area contributed by atoms with E-state index in [4.69, 9.17) is 23.2 Å². The van der Waals surface area contributed by atoms with Gasteiger partial charge in [-0.3, -0.25) is 0 Å². The minimum atomic E-state index is 0.682. The molecule has 0 aromatic heterocycles. The summed E-state index contributed by atoms with van der Waals surface area (Å²) >= 11 is 11.5. The highest BCUT2D eigenvalue weighted by atomic mass is 35.5. The molecule has 2 heteroatoms. The molecule has 1 aromatic carbocycles. The van der Waals surface area contributed by atoms with Crippen molar-refractivity contribution in [3.63, 3.8) is 0 Å². The van der Waals surface area contributed by atoms with Crippen LogP contribution in [-0.2, 0) is 0 Å². The summed E-state index contributed by atoms with van der Waals surface area (Å²) in [7, 11) is 0. The van der Waals surface area contributed by atoms with E-state index in [1.54, 1.807) is 5.54 Å². The molecule has 0 amide bonds. The Kier molecular flexibility index (Phi) is 4.31. The van der Waals surface area contributed by atoms with Gasteiger partial charge in [0.1, 0.15) is 0 Å². The van der Waals surface area contributed by atoms with Crippen LogP contribution in [0.25, 0.3) is 0 Å². The lowest BCUT2D eigenvalue weighted by molar-refractivity contribution is 0.376. The van der Waals surface area contributed by atoms with Gasteiger partial charge in [-0.1, -0.05) is 41.4 Å². The van der Waals surface area contributed by atoms with Crippen LogP contribution in [0.4, 0.5) is 0 Å². The Labute approximate surface area is 107 Å². The molecule has 0 N–H and O–H groups in total. The second-order valence-electron chi connectivity index (χ2n) is 4.48. The minimum absolute atomic E-state index is 0.682. The van der Waals surface area contributed by atoms with Gasteiger partial charge in [-0.25, -0.2) is 0 Å². The van der Waals surface area contributed by atoms with Crippen molar-refractivity contribution in [2.45, 2.75) is 31.6 Å². The van der Waals surface area contributed by atoms with Crippen molar-refractivity contribution in [3.05, 3.63) is 46.5 Å². The van der Waals surface area contributed by atoms with Gasteiger partial charge in [-0.2, -0.15) is 0 Å². The monoisotopic (exact) mass is 254 g/mol. The molecule has 0 unspecified atom stereocenters. The van der Waals surface area contributed by atoms with E-state index in [0.29, 0.717) is 11.8 Å². The van der Waals surface area contributed by atoms with Gasteiger partial charge in [0.2, 0.25) is 0 Å². The molecule has 0 bridgehead atoms. The summed E-state index contributed by atoms with van der Waals surface area (Å²) in [5, 5.41) is 0.822. The molecule has 1 aliphatic carbocycles. The highest BCUT2D eigenvalue weighted by molar-refractivity contribution is 6.30. The summed E-state index contributed by atoms with van der Waals surface area (Å²) in [5.41, 5.74) is 3.09. The van der Waals surface area contributed by atoms with E-state index in [1.807, 2.05) is 12.1 Å². The average molecular weight is 255 g/mol. The van der Waals surface area contributed by atoms with Crippen LogP contribution < -0.4 is 0 Å². The molecule has 1 saturated carbocycles. The molecule has 86 valence electrons. The number of rotatable bonds is 2. The van der Waals surface area contributed by atoms with Crippen molar-refractivity contribution in [2.24, 2.45) is 5.92 Å². The smallest absolute Gasteiger partial charge is 0.0406 e. The van der Waals surface area contributed by atoms with Crippen LogP contribution in [0.5, 0.6) is 0 Å². The van der Waals surface area contributed by atoms with Crippen molar-refractivity contribution in [1.82, 2.24) is 0 Å². The topological polar surface area (TPSA) is 0 Å². The predicted molar refractivity (Wildman–Crippen MR) is 71.1 cm³/mol. The van der Waals surface area contributed by atoms with E-state index in [2.05, 4.69) is 18.2 Å². The Morgan fingerprint density at radius 2 is 1.62 bits per heavy atom. The average Bonchev–Trinajstić information content (AvgIpc) is 2.32. The maximum absolute atomic E-state index is 5.89. The third-order valence-corrected chi connectivity index (χ3v) is 3.86. The maximum atomic E-state index is 5.89. The lowest BCUT2D eigenvalue weighted by Crippen LogP contribution is -2.11. The molecule has 1 fully saturated rings. The molecule has 0 aliphatic heterocycles. The van der Waals surface area contributed by atoms with Crippen molar-refractivity contribution < 1.29 is 0 Å². The fraction of sp³-hybridized carbons (Fsp3) is 0.429. The zero-order valence-corrected chi connectivity index (χ0v) is 10.7. The zero-order valence-electron chi connectivity index (χ0n) is 9.20. The molecule has 0 atom stereocenters. The summed E-state index contributed by atoms with van der Waals surface area (Å²) < 4.78 is 0. The van der Waals surface area contributed by atoms with Crippen molar-refractivity contribution in [3.8, 4) is 0 Å². The Morgan fingerprint density at radius 1 is 1.00 bits per heavy atom. The number of benzene rings is 1. The third kappa shape index (κ3) is 3.02. The Morgan fingerprint density at radius 3 is 2.19 bits per heavy atom. The van der Waals surface area contributed by atoms with E-state index in [1.165, 1.54) is 31.2 Å². The summed E-state index contributed by atoms with van der Waals surface area (Å²) in [6, 6.07) is 8.29. The Hall–Kier alpha value is -0.460. The minimum Gasteiger partial charge on any atom is -0.0933 e. The fourth-order valence-corrected chi connectivity index (χ4v) is 2.81. The van der Waals surface area contributed by atoms with Gasteiger partial charge in [0, 0.05) is 10.6 Å². The molecule has 0 nitrogen and oxygen atoms in total. The lowest BCUT2D eigenvalue weighted by atomic mass is 9.79. The van der Waals surface area contributed by atoms with Crippen LogP contribution in [-0.4, -0.2) is 0 Å². The van der Waals surface area contributed by atoms with Crippen LogP contribution >= 0.6 is 23.2 Å². The number of hydrogen-bond donors (Lipinski definition) is 0. The maximum Gasteiger partial charge on any atom is 0.0406 e. The van der Waals surface area contributed by atoms with Gasteiger partial charge in [0.25, 0.3) is 0 Å². The van der Waals surface area contributed by atoms with Gasteiger partial charge < -0.3 is 0 Å². The quantitative estimate of drug-likeness (QED) is 0.666. The molecule has 0 spiro atoms. The van der Waals surface area contributed by atoms with Gasteiger partial charge in [-0.05, 0) is 55.2 Å². The van der Waals surface area contributed by atoms with Crippen molar-refractivity contribution in [2.75, 3.05) is 0 Å². The molecule has 0 heterocycles. The van der Waals surface area contributed by atoms with Gasteiger partial charge in [-0.15, -0.1) is 0 Å². The van der Waals surface area contributed by atoms with Crippen LogP contribution in [0.15, 0.2) is 35.9 Å². The van der Waals surface area contributed by atoms with Gasteiger partial charge in [0.15, 0.2) is 0 Å². The van der Waals surface area contributed by atoms with Crippen LogP contribution in [0.3, 0.4) is 0 Å². The molecular weight excluding hydrogens is 239 g/mol. The van der Waals surface area contributed by atoms with E-state index in [0.717, 1.165) is 5.02 Å². The first-order valence-corrected chi connectivity index (χ1v) is 6.63. The summed E-state index contributed by atoms with van der Waals surface area (Å²) in [6.07, 6.45) is 7.13. The molecular formula is C14H16Cl2. The van der Waals surface area contributed by atoms with Crippen LogP contribution in [0.2, 0.25) is 5.02 Å². The largest absolute Gasteiger partial charge is 0.0933 e. The summed E-state index contributed by atoms with van der Waals surface area (Å²) in [6.45, 7) is 0. The summed E-state index contributed by atoms with van der Waals surface area (Å²) in [4.78, 5) is 0. The van der Waals surface area contributed by atoms with E-state index >= 15 is 0 Å². The van der Waals surface area contributed by atoms with Gasteiger partial charge >= 0.3 is 0 Å². The fourth-order valence-electron chi connectivity index (χ4n) is 2.48. The van der Waals surface area contributed by atoms with Crippen molar-refractivity contribution in [1.29, 1.82) is 0 Å². The number of allylic oxidation sites excluding steroid dienone is 1. The van der Waals surface area contributed by atoms with Crippen LogP contribution in [0.1, 0.15) is 37.2 Å². The first-order chi connectivity index (χ1) is 7.79. The predicted octanol–water partition coefficient (Wildman–Crippen LogP) is 5.37. The summed E-state index contributed by atoms with van der Waals surface area (Å²) in [5.74, 6) is 1.39. The van der Waals surface area contributed by atoms with E-state index in [-0.39, 0.29) is 0 Å². The zero-order chi connectivity index (χ0) is 11.4. The SMILES string of the molecule is ClC=CC1CCC(c2ccc(Cl)cc2)CC1. The second kappa shape index (κ2) is 5.75. The molecule has 1 aromatic rings. The number of hydrogen-bond acceptors (Lipinski definition) is 0. The standard InChI is InChI=1S/C14H16Cl2/c15-10-9-11-1-3-12(4-2-11)13-5-7-14(16)8-6-13/h5-12H,1-4H2. The normalized spacial score (nSPS) is 26.1. The molecule has 0 saturated heterocycles. The highest BCUT2D eigenvalue weighted by Crippen LogP contribution is 2.36. The van der Waals surface area contributed by atoms with E-state index < -0.39 is 0 Å². The Balaban J connectivity index is 1.96. The first-order valence-electron chi connectivity index (χ1n) is 5.82. The molecule has 1 aliphatic rings. The number of halogens is 2. The van der Waals surface area contributed by atoms with E-state index in [9.17, 15) is 0 Å². The van der Waals surface area contributed by atoms with Gasteiger partial charge in [0.05, 0.1) is 0 Å². The molecule has 0 radical (unpaired) electrons.